The van der Waals surface area contributed by atoms with Crippen LogP contribution in [0.3, 0.4) is 0 Å². The molecule has 0 aliphatic carbocycles. The van der Waals surface area contributed by atoms with Gasteiger partial charge in [-0.3, -0.25) is 0 Å². The van der Waals surface area contributed by atoms with Crippen LogP contribution in [0.25, 0.3) is 0 Å². The summed E-state index contributed by atoms with van der Waals surface area (Å²) >= 11 is 12.1. The highest BCUT2D eigenvalue weighted by molar-refractivity contribution is 6.30. The van der Waals surface area contributed by atoms with Crippen molar-refractivity contribution in [2.75, 3.05) is 26.3 Å². The molecule has 5 heteroatoms. The Kier molecular flexibility index (Phi) is 6.25. The van der Waals surface area contributed by atoms with Crippen LogP contribution in [0, 0.1) is 5.92 Å². The Balaban J connectivity index is 1.95. The SMILES string of the molecule is CC(/C=C/N1CCOCC1)C(O)(c1ccc(Cl)cc1)c1ccc(Cl)cc1. The van der Waals surface area contributed by atoms with Crippen molar-refractivity contribution in [1.29, 1.82) is 0 Å². The molecule has 1 N–H and O–H groups in total. The summed E-state index contributed by atoms with van der Waals surface area (Å²) in [5.74, 6) is -0.160. The Morgan fingerprint density at radius 2 is 1.42 bits per heavy atom. The third kappa shape index (κ3) is 4.24. The van der Waals surface area contributed by atoms with Gasteiger partial charge < -0.3 is 14.7 Å². The summed E-state index contributed by atoms with van der Waals surface area (Å²) in [7, 11) is 0. The van der Waals surface area contributed by atoms with E-state index in [1.54, 1.807) is 24.3 Å². The zero-order valence-electron chi connectivity index (χ0n) is 14.7. The van der Waals surface area contributed by atoms with Gasteiger partial charge in [-0.2, -0.15) is 0 Å². The van der Waals surface area contributed by atoms with Gasteiger partial charge in [0.15, 0.2) is 0 Å². The van der Waals surface area contributed by atoms with E-state index in [9.17, 15) is 5.11 Å². The van der Waals surface area contributed by atoms with Crippen molar-refractivity contribution in [1.82, 2.24) is 4.90 Å². The van der Waals surface area contributed by atoms with Crippen LogP contribution in [-0.2, 0) is 10.3 Å². The fourth-order valence-corrected chi connectivity index (χ4v) is 3.47. The van der Waals surface area contributed by atoms with Gasteiger partial charge in [-0.1, -0.05) is 60.5 Å². The van der Waals surface area contributed by atoms with Crippen molar-refractivity contribution < 1.29 is 9.84 Å². The number of aliphatic hydroxyl groups is 1. The number of hydrogen-bond acceptors (Lipinski definition) is 3. The number of nitrogens with zero attached hydrogens (tertiary/aromatic N) is 1. The van der Waals surface area contributed by atoms with E-state index in [2.05, 4.69) is 17.2 Å². The molecule has 3 rings (SSSR count). The molecule has 26 heavy (non-hydrogen) atoms. The summed E-state index contributed by atoms with van der Waals surface area (Å²) in [6.07, 6.45) is 4.11. The number of hydrogen-bond donors (Lipinski definition) is 1. The number of ether oxygens (including phenoxy) is 1. The van der Waals surface area contributed by atoms with Gasteiger partial charge in [-0.05, 0) is 41.6 Å². The lowest BCUT2D eigenvalue weighted by Gasteiger charge is -2.35. The summed E-state index contributed by atoms with van der Waals surface area (Å²) in [5.41, 5.74) is 0.407. The lowest BCUT2D eigenvalue weighted by atomic mass is 9.77. The molecule has 1 saturated heterocycles. The number of halogens is 2. The van der Waals surface area contributed by atoms with Crippen LogP contribution in [0.5, 0.6) is 0 Å². The highest BCUT2D eigenvalue weighted by atomic mass is 35.5. The first-order chi connectivity index (χ1) is 12.5. The predicted molar refractivity (Wildman–Crippen MR) is 107 cm³/mol. The van der Waals surface area contributed by atoms with Crippen LogP contribution in [0.4, 0.5) is 0 Å². The van der Waals surface area contributed by atoms with Gasteiger partial charge in [0.1, 0.15) is 5.60 Å². The molecule has 3 nitrogen and oxygen atoms in total. The van der Waals surface area contributed by atoms with Crippen LogP contribution in [0.2, 0.25) is 10.0 Å². The molecule has 0 spiro atoms. The fraction of sp³-hybridized carbons (Fsp3) is 0.333. The Morgan fingerprint density at radius 1 is 0.962 bits per heavy atom. The molecule has 1 unspecified atom stereocenters. The van der Waals surface area contributed by atoms with Gasteiger partial charge in [0.25, 0.3) is 0 Å². The first-order valence-electron chi connectivity index (χ1n) is 8.75. The van der Waals surface area contributed by atoms with Crippen molar-refractivity contribution in [3.05, 3.63) is 82.0 Å². The van der Waals surface area contributed by atoms with Crippen molar-refractivity contribution in [2.45, 2.75) is 12.5 Å². The number of benzene rings is 2. The van der Waals surface area contributed by atoms with E-state index in [0.717, 1.165) is 37.4 Å². The van der Waals surface area contributed by atoms with E-state index in [-0.39, 0.29) is 5.92 Å². The summed E-state index contributed by atoms with van der Waals surface area (Å²) < 4.78 is 5.38. The predicted octanol–water partition coefficient (Wildman–Crippen LogP) is 4.71. The van der Waals surface area contributed by atoms with Gasteiger partial charge >= 0.3 is 0 Å². The van der Waals surface area contributed by atoms with Gasteiger partial charge in [0, 0.05) is 29.1 Å². The topological polar surface area (TPSA) is 32.7 Å². The molecule has 0 radical (unpaired) electrons. The molecule has 0 bridgehead atoms. The largest absolute Gasteiger partial charge is 0.380 e. The van der Waals surface area contributed by atoms with Gasteiger partial charge in [0.2, 0.25) is 0 Å². The van der Waals surface area contributed by atoms with E-state index < -0.39 is 5.60 Å². The minimum atomic E-state index is -1.18. The molecule has 0 aromatic heterocycles. The fourth-order valence-electron chi connectivity index (χ4n) is 3.22. The second-order valence-corrected chi connectivity index (χ2v) is 7.43. The highest BCUT2D eigenvalue weighted by Crippen LogP contribution is 2.38. The van der Waals surface area contributed by atoms with Crippen molar-refractivity contribution in [2.24, 2.45) is 5.92 Å². The Morgan fingerprint density at radius 3 is 1.88 bits per heavy atom. The first-order valence-corrected chi connectivity index (χ1v) is 9.50. The maximum absolute atomic E-state index is 11.8. The second-order valence-electron chi connectivity index (χ2n) is 6.56. The quantitative estimate of drug-likeness (QED) is 0.800. The van der Waals surface area contributed by atoms with Crippen LogP contribution >= 0.6 is 23.2 Å². The lowest BCUT2D eigenvalue weighted by molar-refractivity contribution is 0.0406. The molecule has 1 fully saturated rings. The Bertz CT molecular complexity index is 692. The van der Waals surface area contributed by atoms with E-state index >= 15 is 0 Å². The summed E-state index contributed by atoms with van der Waals surface area (Å²) in [5, 5.41) is 13.0. The second kappa shape index (κ2) is 8.45. The normalized spacial score (nSPS) is 16.8. The molecule has 1 aliphatic heterocycles. The van der Waals surface area contributed by atoms with E-state index in [1.807, 2.05) is 31.2 Å². The van der Waals surface area contributed by atoms with E-state index in [1.165, 1.54) is 0 Å². The summed E-state index contributed by atoms with van der Waals surface area (Å²) in [6, 6.07) is 14.7. The molecule has 1 aliphatic rings. The molecule has 1 heterocycles. The minimum Gasteiger partial charge on any atom is -0.380 e. The first kappa shape index (κ1) is 19.2. The molecule has 138 valence electrons. The summed E-state index contributed by atoms with van der Waals surface area (Å²) in [4.78, 5) is 2.21. The molecular formula is C21H23Cl2NO2. The van der Waals surface area contributed by atoms with Crippen LogP contribution < -0.4 is 0 Å². The molecular weight excluding hydrogens is 369 g/mol. The molecule has 0 amide bonds. The smallest absolute Gasteiger partial charge is 0.121 e. The molecule has 2 aromatic carbocycles. The van der Waals surface area contributed by atoms with Crippen molar-refractivity contribution >= 4 is 23.2 Å². The molecule has 0 saturated carbocycles. The maximum atomic E-state index is 11.8. The van der Waals surface area contributed by atoms with Crippen LogP contribution in [0.15, 0.2) is 60.8 Å². The van der Waals surface area contributed by atoms with Crippen molar-refractivity contribution in [3.8, 4) is 0 Å². The van der Waals surface area contributed by atoms with Gasteiger partial charge in [-0.15, -0.1) is 0 Å². The highest BCUT2D eigenvalue weighted by Gasteiger charge is 2.36. The zero-order valence-corrected chi connectivity index (χ0v) is 16.2. The van der Waals surface area contributed by atoms with Crippen LogP contribution in [-0.4, -0.2) is 36.3 Å². The average Bonchev–Trinajstić information content (AvgIpc) is 2.67. The van der Waals surface area contributed by atoms with Gasteiger partial charge in [-0.25, -0.2) is 0 Å². The van der Waals surface area contributed by atoms with Crippen molar-refractivity contribution in [3.63, 3.8) is 0 Å². The summed E-state index contributed by atoms with van der Waals surface area (Å²) in [6.45, 7) is 5.21. The molecule has 2 aromatic rings. The van der Waals surface area contributed by atoms with Gasteiger partial charge in [0.05, 0.1) is 13.2 Å². The zero-order chi connectivity index (χ0) is 18.6. The number of morpholine rings is 1. The Hall–Kier alpha value is -1.52. The maximum Gasteiger partial charge on any atom is 0.121 e. The third-order valence-electron chi connectivity index (χ3n) is 4.86. The standard InChI is InChI=1S/C21H23Cl2NO2/c1-16(10-11-24-12-14-26-15-13-24)21(25,17-2-6-19(22)7-3-17)18-4-8-20(23)9-5-18/h2-11,16,25H,12-15H2,1H3/b11-10+. The lowest BCUT2D eigenvalue weighted by Crippen LogP contribution is -2.35. The average molecular weight is 392 g/mol. The number of rotatable bonds is 5. The molecule has 1 atom stereocenters. The third-order valence-corrected chi connectivity index (χ3v) is 5.36. The Labute approximate surface area is 164 Å². The monoisotopic (exact) mass is 391 g/mol. The van der Waals surface area contributed by atoms with E-state index in [4.69, 9.17) is 27.9 Å². The van der Waals surface area contributed by atoms with Crippen LogP contribution in [0.1, 0.15) is 18.1 Å². The minimum absolute atomic E-state index is 0.160. The van der Waals surface area contributed by atoms with E-state index in [0.29, 0.717) is 10.0 Å².